The molecule has 0 spiro atoms. The van der Waals surface area contributed by atoms with Crippen LogP contribution in [0.4, 0.5) is 5.82 Å². The number of anilines is 1. The second-order valence-corrected chi connectivity index (χ2v) is 9.87. The number of carbonyl (C=O) groups excluding carboxylic acids is 1. The summed E-state index contributed by atoms with van der Waals surface area (Å²) < 4.78 is 8.74. The van der Waals surface area contributed by atoms with E-state index in [9.17, 15) is 4.79 Å². The topological polar surface area (TPSA) is 63.0 Å². The zero-order chi connectivity index (χ0) is 27.4. The molecule has 2 aromatic carbocycles. The number of amides is 1. The molecule has 0 N–H and O–H groups in total. The van der Waals surface area contributed by atoms with E-state index < -0.39 is 0 Å². The van der Waals surface area contributed by atoms with Crippen molar-refractivity contribution in [3.8, 4) is 5.75 Å². The fourth-order valence-electron chi connectivity index (χ4n) is 5.20. The van der Waals surface area contributed by atoms with Crippen molar-refractivity contribution in [2.45, 2.75) is 39.3 Å². The molecule has 0 saturated heterocycles. The minimum Gasteiger partial charge on any atom is -0.492 e. The van der Waals surface area contributed by atoms with Crippen molar-refractivity contribution < 1.29 is 9.53 Å². The molecule has 3 aromatic rings. The van der Waals surface area contributed by atoms with Gasteiger partial charge in [0.05, 0.1) is 23.7 Å². The number of halogens is 1. The fourth-order valence-corrected chi connectivity index (χ4v) is 5.86. The van der Waals surface area contributed by atoms with E-state index in [1.54, 1.807) is 4.90 Å². The lowest BCUT2D eigenvalue weighted by molar-refractivity contribution is 0.0836. The van der Waals surface area contributed by atoms with E-state index in [0.717, 1.165) is 52.8 Å². The molecule has 6 rings (SSSR count). The van der Waals surface area contributed by atoms with E-state index in [1.165, 1.54) is 11.1 Å². The highest BCUT2D eigenvalue weighted by atomic mass is 79.9. The Hall–Kier alpha value is -3.65. The number of aromatic nitrogens is 2. The highest BCUT2D eigenvalue weighted by molar-refractivity contribution is 9.10. The molecular formula is C30H34BrN5O2. The van der Waals surface area contributed by atoms with Gasteiger partial charge in [-0.1, -0.05) is 36.4 Å². The van der Waals surface area contributed by atoms with Crippen LogP contribution in [0.2, 0.25) is 0 Å². The van der Waals surface area contributed by atoms with Gasteiger partial charge in [0, 0.05) is 19.5 Å². The van der Waals surface area contributed by atoms with Gasteiger partial charge < -0.3 is 9.30 Å². The average molecular weight is 577 g/mol. The Morgan fingerprint density at radius 1 is 1.11 bits per heavy atom. The van der Waals surface area contributed by atoms with Crippen LogP contribution >= 0.6 is 15.9 Å². The Morgan fingerprint density at radius 3 is 2.55 bits per heavy atom. The van der Waals surface area contributed by atoms with E-state index in [0.29, 0.717) is 25.4 Å². The molecule has 1 aromatic heterocycles. The molecule has 0 saturated carbocycles. The summed E-state index contributed by atoms with van der Waals surface area (Å²) in [5, 5.41) is 0. The van der Waals surface area contributed by atoms with Crippen molar-refractivity contribution in [3.05, 3.63) is 101 Å². The number of guanidine groups is 1. The maximum atomic E-state index is 13.7. The minimum atomic E-state index is -0.0305. The zero-order valence-electron chi connectivity index (χ0n) is 22.1. The number of benzene rings is 2. The molecule has 1 amide bonds. The summed E-state index contributed by atoms with van der Waals surface area (Å²) in [6.07, 6.45) is 1.74. The van der Waals surface area contributed by atoms with Crippen LogP contribution in [0.5, 0.6) is 5.75 Å². The second-order valence-electron chi connectivity index (χ2n) is 9.01. The number of imidazole rings is 1. The first-order valence-electron chi connectivity index (χ1n) is 12.8. The minimum absolute atomic E-state index is 0.0305. The molecule has 1 atom stereocenters. The van der Waals surface area contributed by atoms with Gasteiger partial charge in [-0.3, -0.25) is 14.6 Å². The number of ether oxygens (including phenoxy) is 1. The van der Waals surface area contributed by atoms with Gasteiger partial charge in [-0.05, 0) is 59.0 Å². The SMILES string of the molecule is C=C.C=C.CCN1C(=O)c2c(nc(C)n2Cc2cc(Br)c3c(c2)CCO3)N2C[C@@H](Cc3ccccc3)N=C12. The Labute approximate surface area is 233 Å². The summed E-state index contributed by atoms with van der Waals surface area (Å²) in [7, 11) is 0. The lowest BCUT2D eigenvalue weighted by atomic mass is 10.1. The van der Waals surface area contributed by atoms with E-state index in [2.05, 4.69) is 83.5 Å². The molecule has 38 heavy (non-hydrogen) atoms. The van der Waals surface area contributed by atoms with Gasteiger partial charge in [0.25, 0.3) is 5.91 Å². The van der Waals surface area contributed by atoms with Crippen molar-refractivity contribution in [2.24, 2.45) is 4.99 Å². The third-order valence-electron chi connectivity index (χ3n) is 6.79. The number of rotatable bonds is 5. The van der Waals surface area contributed by atoms with Crippen molar-refractivity contribution in [2.75, 3.05) is 24.6 Å². The molecular weight excluding hydrogens is 542 g/mol. The quantitative estimate of drug-likeness (QED) is 0.360. The number of nitrogens with zero attached hydrogens (tertiary/aromatic N) is 5. The van der Waals surface area contributed by atoms with Crippen molar-refractivity contribution in [3.63, 3.8) is 0 Å². The Morgan fingerprint density at radius 2 is 1.84 bits per heavy atom. The van der Waals surface area contributed by atoms with E-state index in [4.69, 9.17) is 14.7 Å². The van der Waals surface area contributed by atoms with Crippen LogP contribution in [-0.4, -0.2) is 52.1 Å². The molecule has 0 bridgehead atoms. The van der Waals surface area contributed by atoms with Gasteiger partial charge >= 0.3 is 0 Å². The summed E-state index contributed by atoms with van der Waals surface area (Å²) in [6.45, 7) is 18.6. The predicted octanol–water partition coefficient (Wildman–Crippen LogP) is 5.80. The smallest absolute Gasteiger partial charge is 0.281 e. The highest BCUT2D eigenvalue weighted by Gasteiger charge is 2.43. The van der Waals surface area contributed by atoms with Gasteiger partial charge in [0.1, 0.15) is 11.6 Å². The summed E-state index contributed by atoms with van der Waals surface area (Å²) in [4.78, 5) is 27.4. The Balaban J connectivity index is 0.000000804. The molecule has 198 valence electrons. The van der Waals surface area contributed by atoms with Crippen LogP contribution < -0.4 is 9.64 Å². The number of hydrogen-bond acceptors (Lipinski definition) is 5. The maximum absolute atomic E-state index is 13.7. The molecule has 0 fully saturated rings. The summed E-state index contributed by atoms with van der Waals surface area (Å²) >= 11 is 3.65. The van der Waals surface area contributed by atoms with Crippen LogP contribution in [0, 0.1) is 6.92 Å². The molecule has 7 nitrogen and oxygen atoms in total. The second kappa shape index (κ2) is 11.8. The van der Waals surface area contributed by atoms with Gasteiger partial charge in [-0.15, -0.1) is 26.3 Å². The van der Waals surface area contributed by atoms with Gasteiger partial charge in [0.15, 0.2) is 11.5 Å². The number of hydrogen-bond donors (Lipinski definition) is 0. The summed E-state index contributed by atoms with van der Waals surface area (Å²) in [5.74, 6) is 3.18. The first kappa shape index (κ1) is 27.4. The lowest BCUT2D eigenvalue weighted by Crippen LogP contribution is -2.50. The monoisotopic (exact) mass is 575 g/mol. The lowest BCUT2D eigenvalue weighted by Gasteiger charge is -2.33. The van der Waals surface area contributed by atoms with Crippen LogP contribution in [0.25, 0.3) is 0 Å². The van der Waals surface area contributed by atoms with E-state index >= 15 is 0 Å². The molecule has 8 heteroatoms. The van der Waals surface area contributed by atoms with Crippen LogP contribution in [0.1, 0.15) is 39.9 Å². The van der Waals surface area contributed by atoms with Gasteiger partial charge in [0.2, 0.25) is 5.96 Å². The third kappa shape index (κ3) is 4.92. The van der Waals surface area contributed by atoms with E-state index in [-0.39, 0.29) is 11.9 Å². The largest absolute Gasteiger partial charge is 0.492 e. The van der Waals surface area contributed by atoms with Crippen LogP contribution in [0.15, 0.2) is 78.2 Å². The first-order chi connectivity index (χ1) is 18.5. The van der Waals surface area contributed by atoms with Gasteiger partial charge in [-0.2, -0.15) is 0 Å². The third-order valence-corrected chi connectivity index (χ3v) is 7.38. The van der Waals surface area contributed by atoms with Crippen LogP contribution in [0.3, 0.4) is 0 Å². The highest BCUT2D eigenvalue weighted by Crippen LogP contribution is 2.37. The number of carbonyl (C=O) groups is 1. The molecule has 0 aliphatic carbocycles. The Kier molecular flexibility index (Phi) is 8.52. The van der Waals surface area contributed by atoms with Gasteiger partial charge in [-0.25, -0.2) is 9.98 Å². The summed E-state index contributed by atoms with van der Waals surface area (Å²) in [6, 6.07) is 14.7. The normalized spacial score (nSPS) is 16.8. The molecule has 3 aliphatic rings. The Bertz CT molecular complexity index is 1350. The number of aliphatic imine (C=N–C) groups is 1. The molecule has 0 unspecified atom stereocenters. The number of aryl methyl sites for hydroxylation is 1. The van der Waals surface area contributed by atoms with Crippen molar-refractivity contribution >= 4 is 33.6 Å². The van der Waals surface area contributed by atoms with E-state index in [1.807, 2.05) is 24.5 Å². The molecule has 3 aliphatic heterocycles. The maximum Gasteiger partial charge on any atom is 0.281 e. The van der Waals surface area contributed by atoms with Crippen molar-refractivity contribution in [1.82, 2.24) is 14.5 Å². The standard InChI is InChI=1S/C26H26BrN5O2.2C2H4/c1-3-30-25(33)22-24(32-15-20(29-26(30)32)12-17-7-5-4-6-8-17)28-16(2)31(22)14-18-11-19-9-10-34-23(19)21(27)13-18;2*1-2/h4-8,11,13,20H,3,9-10,12,14-15H2,1-2H3;2*1-2H2/t20-;;/m1../s1. The summed E-state index contributed by atoms with van der Waals surface area (Å²) in [5.41, 5.74) is 4.22. The van der Waals surface area contributed by atoms with Crippen molar-refractivity contribution in [1.29, 1.82) is 0 Å². The first-order valence-corrected chi connectivity index (χ1v) is 13.5. The predicted molar refractivity (Wildman–Crippen MR) is 157 cm³/mol. The number of fused-ring (bicyclic) bond motifs is 4. The molecule has 0 radical (unpaired) electrons. The fraction of sp³-hybridized carbons (Fsp3) is 0.300. The zero-order valence-corrected chi connectivity index (χ0v) is 23.7. The molecule has 4 heterocycles. The van der Waals surface area contributed by atoms with Crippen LogP contribution in [-0.2, 0) is 19.4 Å². The average Bonchev–Trinajstić information content (AvgIpc) is 3.66.